The number of carboxylic acid groups (broad SMARTS) is 1. The summed E-state index contributed by atoms with van der Waals surface area (Å²) in [4.78, 5) is 15.7. The largest absolute Gasteiger partial charge is 0.480 e. The van der Waals surface area contributed by atoms with Gasteiger partial charge in [-0.1, -0.05) is 30.3 Å². The van der Waals surface area contributed by atoms with Crippen molar-refractivity contribution in [3.63, 3.8) is 0 Å². The number of hydrogen-bond donors (Lipinski definition) is 2. The van der Waals surface area contributed by atoms with Crippen LogP contribution in [-0.4, -0.2) is 32.3 Å². The molecule has 0 spiro atoms. The van der Waals surface area contributed by atoms with Crippen molar-refractivity contribution in [3.8, 4) is 22.5 Å². The third kappa shape index (κ3) is 2.40. The Hall–Kier alpha value is -2.86. The molecule has 0 saturated heterocycles. The van der Waals surface area contributed by atoms with Crippen LogP contribution in [0.2, 0.25) is 0 Å². The molecule has 112 valence electrons. The normalized spacial score (nSPS) is 12.2. The van der Waals surface area contributed by atoms with Gasteiger partial charge < -0.3 is 19.2 Å². The van der Waals surface area contributed by atoms with Crippen molar-refractivity contribution in [1.82, 2.24) is 9.55 Å². The Balaban J connectivity index is 2.21. The molecule has 6 heteroatoms. The predicted molar refractivity (Wildman–Crippen MR) is 79.1 cm³/mol. The number of nitrogens with zero attached hydrogens (tertiary/aromatic N) is 2. The van der Waals surface area contributed by atoms with Crippen LogP contribution in [0.1, 0.15) is 6.04 Å². The molecule has 3 rings (SSSR count). The van der Waals surface area contributed by atoms with Crippen molar-refractivity contribution in [2.45, 2.75) is 6.04 Å². The first-order valence-corrected chi connectivity index (χ1v) is 6.71. The summed E-state index contributed by atoms with van der Waals surface area (Å²) in [6, 6.07) is 10.1. The molecule has 0 aliphatic carbocycles. The Labute approximate surface area is 126 Å². The quantitative estimate of drug-likeness (QED) is 0.755. The van der Waals surface area contributed by atoms with Gasteiger partial charge in [0.15, 0.2) is 6.04 Å². The Kier molecular flexibility index (Phi) is 3.76. The highest BCUT2D eigenvalue weighted by Crippen LogP contribution is 2.33. The molecule has 0 unspecified atom stereocenters. The van der Waals surface area contributed by atoms with Crippen LogP contribution in [0.5, 0.6) is 0 Å². The first kappa shape index (κ1) is 14.1. The molecular formula is C16H14N2O4. The van der Waals surface area contributed by atoms with E-state index in [0.29, 0.717) is 17.0 Å². The molecule has 22 heavy (non-hydrogen) atoms. The number of aliphatic hydroxyl groups is 1. The minimum atomic E-state index is -1.12. The highest BCUT2D eigenvalue weighted by Gasteiger charge is 2.25. The van der Waals surface area contributed by atoms with Crippen LogP contribution in [0, 0.1) is 0 Å². The number of aliphatic hydroxyl groups excluding tert-OH is 1. The molecule has 3 aromatic rings. The van der Waals surface area contributed by atoms with Gasteiger partial charge in [-0.25, -0.2) is 9.78 Å². The summed E-state index contributed by atoms with van der Waals surface area (Å²) in [6.45, 7) is -0.523. The maximum absolute atomic E-state index is 11.4. The van der Waals surface area contributed by atoms with E-state index in [-0.39, 0.29) is 0 Å². The number of furan rings is 1. The van der Waals surface area contributed by atoms with Gasteiger partial charge in [-0.3, -0.25) is 0 Å². The van der Waals surface area contributed by atoms with Crippen molar-refractivity contribution in [1.29, 1.82) is 0 Å². The second-order valence-electron chi connectivity index (χ2n) is 4.76. The molecule has 0 bridgehead atoms. The second kappa shape index (κ2) is 5.87. The molecule has 1 atom stereocenters. The molecule has 2 heterocycles. The molecule has 0 aliphatic rings. The zero-order chi connectivity index (χ0) is 15.5. The van der Waals surface area contributed by atoms with Crippen molar-refractivity contribution in [2.75, 3.05) is 6.61 Å². The zero-order valence-corrected chi connectivity index (χ0v) is 11.6. The molecule has 1 aromatic carbocycles. The van der Waals surface area contributed by atoms with Gasteiger partial charge >= 0.3 is 5.97 Å². The molecule has 2 N–H and O–H groups in total. The minimum absolute atomic E-state index is 0.523. The monoisotopic (exact) mass is 298 g/mol. The summed E-state index contributed by atoms with van der Waals surface area (Å²) in [5, 5.41) is 18.7. The summed E-state index contributed by atoms with van der Waals surface area (Å²) in [5.41, 5.74) is 2.80. The van der Waals surface area contributed by atoms with E-state index < -0.39 is 18.6 Å². The maximum Gasteiger partial charge on any atom is 0.329 e. The smallest absolute Gasteiger partial charge is 0.329 e. The lowest BCUT2D eigenvalue weighted by Gasteiger charge is -2.14. The van der Waals surface area contributed by atoms with Gasteiger partial charge in [-0.15, -0.1) is 0 Å². The van der Waals surface area contributed by atoms with Crippen LogP contribution < -0.4 is 0 Å². The van der Waals surface area contributed by atoms with E-state index in [1.54, 1.807) is 6.07 Å². The number of carbonyl (C=O) groups is 1. The molecule has 0 radical (unpaired) electrons. The summed E-state index contributed by atoms with van der Waals surface area (Å²) < 4.78 is 6.56. The average Bonchev–Trinajstić information content (AvgIpc) is 3.17. The van der Waals surface area contributed by atoms with Gasteiger partial charge in [-0.05, 0) is 6.07 Å². The third-order valence-corrected chi connectivity index (χ3v) is 3.43. The Morgan fingerprint density at radius 3 is 2.59 bits per heavy atom. The van der Waals surface area contributed by atoms with Crippen LogP contribution in [0.25, 0.3) is 22.5 Å². The number of rotatable bonds is 5. The first-order valence-electron chi connectivity index (χ1n) is 6.71. The van der Waals surface area contributed by atoms with E-state index in [4.69, 9.17) is 4.42 Å². The Morgan fingerprint density at radius 2 is 2.00 bits per heavy atom. The van der Waals surface area contributed by atoms with Crippen LogP contribution in [-0.2, 0) is 4.79 Å². The van der Waals surface area contributed by atoms with Gasteiger partial charge in [0.25, 0.3) is 0 Å². The van der Waals surface area contributed by atoms with E-state index in [9.17, 15) is 15.0 Å². The number of hydrogen-bond acceptors (Lipinski definition) is 4. The summed E-state index contributed by atoms with van der Waals surface area (Å²) in [7, 11) is 0. The van der Waals surface area contributed by atoms with Gasteiger partial charge in [-0.2, -0.15) is 0 Å². The van der Waals surface area contributed by atoms with Crippen LogP contribution in [0.15, 0.2) is 59.7 Å². The van der Waals surface area contributed by atoms with E-state index in [1.807, 2.05) is 30.3 Å². The first-order chi connectivity index (χ1) is 10.7. The Morgan fingerprint density at radius 1 is 1.23 bits per heavy atom. The van der Waals surface area contributed by atoms with Crippen molar-refractivity contribution >= 4 is 5.97 Å². The standard InChI is InChI=1S/C16H14N2O4/c19-8-13(16(20)21)18-10-17-14(11-4-2-1-3-5-11)15(18)12-6-7-22-9-12/h1-7,9-10,13,19H,8H2,(H,20,21)/t13-/m1/s1. The molecule has 0 amide bonds. The lowest BCUT2D eigenvalue weighted by atomic mass is 10.1. The van der Waals surface area contributed by atoms with Gasteiger partial charge in [0.05, 0.1) is 36.8 Å². The fourth-order valence-electron chi connectivity index (χ4n) is 2.37. The van der Waals surface area contributed by atoms with Crippen molar-refractivity contribution in [2.24, 2.45) is 0 Å². The second-order valence-corrected chi connectivity index (χ2v) is 4.76. The summed E-state index contributed by atoms with van der Waals surface area (Å²) >= 11 is 0. The maximum atomic E-state index is 11.4. The van der Waals surface area contributed by atoms with Gasteiger partial charge in [0, 0.05) is 11.1 Å². The van der Waals surface area contributed by atoms with E-state index >= 15 is 0 Å². The number of benzene rings is 1. The van der Waals surface area contributed by atoms with Crippen LogP contribution in [0.3, 0.4) is 0 Å². The fourth-order valence-corrected chi connectivity index (χ4v) is 2.37. The molecule has 0 aliphatic heterocycles. The Bertz CT molecular complexity index is 763. The zero-order valence-electron chi connectivity index (χ0n) is 11.6. The average molecular weight is 298 g/mol. The number of carboxylic acids is 1. The number of imidazole rings is 1. The predicted octanol–water partition coefficient (Wildman–Crippen LogP) is 2.43. The topological polar surface area (TPSA) is 88.5 Å². The lowest BCUT2D eigenvalue weighted by Crippen LogP contribution is -2.22. The molecular weight excluding hydrogens is 284 g/mol. The molecule has 0 saturated carbocycles. The van der Waals surface area contributed by atoms with E-state index in [1.165, 1.54) is 23.4 Å². The van der Waals surface area contributed by atoms with Gasteiger partial charge in [0.1, 0.15) is 0 Å². The number of aliphatic carboxylic acids is 1. The fraction of sp³-hybridized carbons (Fsp3) is 0.125. The summed E-state index contributed by atoms with van der Waals surface area (Å²) in [5.74, 6) is -1.12. The highest BCUT2D eigenvalue weighted by molar-refractivity contribution is 5.80. The molecule has 0 fully saturated rings. The van der Waals surface area contributed by atoms with Crippen LogP contribution in [0.4, 0.5) is 0 Å². The SMILES string of the molecule is O=C(O)[C@@H](CO)n1cnc(-c2ccccc2)c1-c1ccoc1. The molecule has 2 aromatic heterocycles. The van der Waals surface area contributed by atoms with E-state index in [0.717, 1.165) is 5.56 Å². The van der Waals surface area contributed by atoms with Gasteiger partial charge in [0.2, 0.25) is 0 Å². The highest BCUT2D eigenvalue weighted by atomic mass is 16.4. The van der Waals surface area contributed by atoms with Crippen molar-refractivity contribution < 1.29 is 19.4 Å². The summed E-state index contributed by atoms with van der Waals surface area (Å²) in [6.07, 6.45) is 4.46. The third-order valence-electron chi connectivity index (χ3n) is 3.43. The van der Waals surface area contributed by atoms with Crippen molar-refractivity contribution in [3.05, 3.63) is 55.3 Å². The van der Waals surface area contributed by atoms with E-state index in [2.05, 4.69) is 4.98 Å². The molecule has 6 nitrogen and oxygen atoms in total. The van der Waals surface area contributed by atoms with Crippen LogP contribution >= 0.6 is 0 Å². The number of aromatic nitrogens is 2. The lowest BCUT2D eigenvalue weighted by molar-refractivity contribution is -0.142. The minimum Gasteiger partial charge on any atom is -0.480 e.